The third-order valence-electron chi connectivity index (χ3n) is 2.48. The van der Waals surface area contributed by atoms with Crippen molar-refractivity contribution in [2.24, 2.45) is 11.5 Å². The molecule has 1 amide bonds. The molecule has 5 heteroatoms. The Hall–Kier alpha value is -0.940. The summed E-state index contributed by atoms with van der Waals surface area (Å²) in [6.45, 7) is 3.91. The van der Waals surface area contributed by atoms with E-state index in [1.165, 1.54) is 11.8 Å². The van der Waals surface area contributed by atoms with Gasteiger partial charge in [-0.2, -0.15) is 0 Å². The fourth-order valence-corrected chi connectivity index (χ4v) is 2.55. The van der Waals surface area contributed by atoms with E-state index in [-0.39, 0.29) is 6.04 Å². The first-order valence-electron chi connectivity index (χ1n) is 4.86. The van der Waals surface area contributed by atoms with Gasteiger partial charge in [-0.05, 0) is 31.2 Å². The largest absolute Gasteiger partial charge is 0.393 e. The minimum atomic E-state index is -0.493. The molecule has 0 spiro atoms. The zero-order chi connectivity index (χ0) is 11.4. The van der Waals surface area contributed by atoms with Gasteiger partial charge in [-0.1, -0.05) is 6.58 Å². The second kappa shape index (κ2) is 5.23. The minimum Gasteiger partial charge on any atom is -0.393 e. The van der Waals surface area contributed by atoms with E-state index < -0.39 is 5.91 Å². The lowest BCUT2D eigenvalue weighted by molar-refractivity contribution is -0.114. The molecule has 0 radical (unpaired) electrons. The van der Waals surface area contributed by atoms with Crippen molar-refractivity contribution in [1.29, 1.82) is 0 Å². The Morgan fingerprint density at radius 1 is 1.67 bits per heavy atom. The predicted octanol–water partition coefficient (Wildman–Crippen LogP) is 0.313. The van der Waals surface area contributed by atoms with Gasteiger partial charge in [-0.15, -0.1) is 11.8 Å². The summed E-state index contributed by atoms with van der Waals surface area (Å²) >= 11 is 1.47. The highest BCUT2D eigenvalue weighted by Gasteiger charge is 2.22. The van der Waals surface area contributed by atoms with Crippen LogP contribution in [-0.2, 0) is 4.79 Å². The molecule has 0 aliphatic carbocycles. The summed E-state index contributed by atoms with van der Waals surface area (Å²) in [5, 5.41) is 3.61. The van der Waals surface area contributed by atoms with E-state index in [1.54, 1.807) is 0 Å². The summed E-state index contributed by atoms with van der Waals surface area (Å²) in [6.07, 6.45) is 1.99. The molecular formula is C10H17N3OS. The van der Waals surface area contributed by atoms with Gasteiger partial charge < -0.3 is 16.8 Å². The lowest BCUT2D eigenvalue weighted by atomic mass is 9.96. The Morgan fingerprint density at radius 2 is 2.33 bits per heavy atom. The van der Waals surface area contributed by atoms with Crippen LogP contribution in [0.1, 0.15) is 12.8 Å². The number of carbonyl (C=O) groups is 1. The van der Waals surface area contributed by atoms with Crippen molar-refractivity contribution in [1.82, 2.24) is 5.32 Å². The van der Waals surface area contributed by atoms with E-state index in [1.807, 2.05) is 7.05 Å². The summed E-state index contributed by atoms with van der Waals surface area (Å²) in [4.78, 5) is 11.3. The number of amides is 1. The molecule has 1 heterocycles. The van der Waals surface area contributed by atoms with Crippen LogP contribution >= 0.6 is 11.8 Å². The Kier molecular flexibility index (Phi) is 4.23. The third-order valence-corrected chi connectivity index (χ3v) is 3.49. The van der Waals surface area contributed by atoms with Crippen LogP contribution in [0.5, 0.6) is 0 Å². The summed E-state index contributed by atoms with van der Waals surface area (Å²) < 4.78 is 0. The van der Waals surface area contributed by atoms with Gasteiger partial charge in [0.25, 0.3) is 5.91 Å². The first-order chi connectivity index (χ1) is 7.07. The number of nitrogens with one attached hydrogen (secondary N) is 1. The molecule has 1 unspecified atom stereocenters. The Bertz CT molecular complexity index is 312. The summed E-state index contributed by atoms with van der Waals surface area (Å²) in [6, 6.07) is 0.0898. The number of hydrogen-bond donors (Lipinski definition) is 3. The van der Waals surface area contributed by atoms with Crippen molar-refractivity contribution in [2.75, 3.05) is 12.8 Å². The van der Waals surface area contributed by atoms with Crippen LogP contribution in [0.3, 0.4) is 0 Å². The van der Waals surface area contributed by atoms with Gasteiger partial charge >= 0.3 is 0 Å². The first kappa shape index (κ1) is 12.1. The maximum absolute atomic E-state index is 11.3. The Balaban J connectivity index is 3.05. The highest BCUT2D eigenvalue weighted by atomic mass is 32.2. The molecule has 1 rings (SSSR count). The molecule has 4 nitrogen and oxygen atoms in total. The number of hydrogen-bond acceptors (Lipinski definition) is 4. The lowest BCUT2D eigenvalue weighted by Gasteiger charge is -2.23. The predicted molar refractivity (Wildman–Crippen MR) is 64.1 cm³/mol. The van der Waals surface area contributed by atoms with Crippen LogP contribution in [0, 0.1) is 0 Å². The van der Waals surface area contributed by atoms with Crippen LogP contribution < -0.4 is 16.8 Å². The number of primary amides is 1. The summed E-state index contributed by atoms with van der Waals surface area (Å²) in [7, 11) is 1.85. The number of nitrogens with two attached hydrogens (primary N) is 2. The zero-order valence-electron chi connectivity index (χ0n) is 8.88. The fraction of sp³-hybridized carbons (Fsp3) is 0.500. The molecule has 0 saturated heterocycles. The third kappa shape index (κ3) is 2.76. The van der Waals surface area contributed by atoms with Gasteiger partial charge in [0.05, 0.1) is 10.6 Å². The maximum Gasteiger partial charge on any atom is 0.251 e. The smallest absolute Gasteiger partial charge is 0.251 e. The van der Waals surface area contributed by atoms with Gasteiger partial charge in [-0.3, -0.25) is 4.79 Å². The SMILES string of the molecule is C=C1/C(C(N)=O)=C(/N)SCCCC1NC. The van der Waals surface area contributed by atoms with E-state index in [4.69, 9.17) is 11.5 Å². The normalized spacial score (nSPS) is 28.3. The van der Waals surface area contributed by atoms with Gasteiger partial charge in [0, 0.05) is 6.04 Å². The topological polar surface area (TPSA) is 81.1 Å². The van der Waals surface area contributed by atoms with Crippen LogP contribution in [0.4, 0.5) is 0 Å². The van der Waals surface area contributed by atoms with E-state index in [2.05, 4.69) is 11.9 Å². The van der Waals surface area contributed by atoms with Gasteiger partial charge in [0.2, 0.25) is 0 Å². The lowest BCUT2D eigenvalue weighted by Crippen LogP contribution is -2.33. The fourth-order valence-electron chi connectivity index (χ4n) is 1.65. The molecule has 5 N–H and O–H groups in total. The maximum atomic E-state index is 11.3. The van der Waals surface area contributed by atoms with Crippen molar-refractivity contribution in [3.8, 4) is 0 Å². The van der Waals surface area contributed by atoms with Crippen molar-refractivity contribution in [3.05, 3.63) is 22.8 Å². The van der Waals surface area contributed by atoms with Gasteiger partial charge in [-0.25, -0.2) is 0 Å². The average Bonchev–Trinajstić information content (AvgIpc) is 2.15. The van der Waals surface area contributed by atoms with E-state index in [9.17, 15) is 4.79 Å². The highest BCUT2D eigenvalue weighted by Crippen LogP contribution is 2.27. The second-order valence-electron chi connectivity index (χ2n) is 3.46. The molecule has 0 aromatic rings. The molecule has 15 heavy (non-hydrogen) atoms. The Morgan fingerprint density at radius 3 is 2.87 bits per heavy atom. The van der Waals surface area contributed by atoms with E-state index >= 15 is 0 Å². The molecule has 0 fully saturated rings. The van der Waals surface area contributed by atoms with Crippen molar-refractivity contribution >= 4 is 17.7 Å². The van der Waals surface area contributed by atoms with Gasteiger partial charge in [0.1, 0.15) is 0 Å². The highest BCUT2D eigenvalue weighted by molar-refractivity contribution is 8.03. The first-order valence-corrected chi connectivity index (χ1v) is 5.85. The van der Waals surface area contributed by atoms with Crippen LogP contribution in [0.2, 0.25) is 0 Å². The molecule has 84 valence electrons. The Labute approximate surface area is 94.2 Å². The molecule has 1 aliphatic heterocycles. The van der Waals surface area contributed by atoms with E-state index in [0.29, 0.717) is 16.2 Å². The molecule has 1 atom stereocenters. The molecule has 0 aromatic carbocycles. The number of thioether (sulfide) groups is 1. The standard InChI is InChI=1S/C10H17N3OS/c1-6-7(13-2)4-3-5-15-10(12)8(6)9(11)14/h7,13H,1,3-5,12H2,2H3,(H2,11,14)/b10-8+. The quantitative estimate of drug-likeness (QED) is 0.634. The number of rotatable bonds is 2. The number of likely N-dealkylation sites (N-methyl/N-ethyl adjacent to an activating group) is 1. The molecule has 1 aliphatic rings. The van der Waals surface area contributed by atoms with Crippen LogP contribution in [-0.4, -0.2) is 24.7 Å². The molecular weight excluding hydrogens is 210 g/mol. The zero-order valence-corrected chi connectivity index (χ0v) is 9.69. The van der Waals surface area contributed by atoms with Crippen molar-refractivity contribution < 1.29 is 4.79 Å². The minimum absolute atomic E-state index is 0.0898. The molecule has 0 saturated carbocycles. The van der Waals surface area contributed by atoms with E-state index in [0.717, 1.165) is 18.6 Å². The molecule has 0 aromatic heterocycles. The summed E-state index contributed by atoms with van der Waals surface area (Å²) in [5.74, 6) is 0.417. The van der Waals surface area contributed by atoms with Crippen LogP contribution in [0.15, 0.2) is 22.8 Å². The van der Waals surface area contributed by atoms with Crippen molar-refractivity contribution in [3.63, 3.8) is 0 Å². The van der Waals surface area contributed by atoms with Crippen molar-refractivity contribution in [2.45, 2.75) is 18.9 Å². The van der Waals surface area contributed by atoms with Gasteiger partial charge in [0.15, 0.2) is 0 Å². The monoisotopic (exact) mass is 227 g/mol. The molecule has 0 bridgehead atoms. The van der Waals surface area contributed by atoms with Crippen LogP contribution in [0.25, 0.3) is 0 Å². The number of carbonyl (C=O) groups excluding carboxylic acids is 1. The summed E-state index contributed by atoms with van der Waals surface area (Å²) in [5.41, 5.74) is 12.2. The second-order valence-corrected chi connectivity index (χ2v) is 4.60. The average molecular weight is 227 g/mol.